The summed E-state index contributed by atoms with van der Waals surface area (Å²) in [6.07, 6.45) is -1.42. The molecule has 1 unspecified atom stereocenters. The van der Waals surface area contributed by atoms with Crippen LogP contribution in [-0.4, -0.2) is 33.5 Å². The van der Waals surface area contributed by atoms with Gasteiger partial charge in [-0.25, -0.2) is 0 Å². The second kappa shape index (κ2) is 4.26. The van der Waals surface area contributed by atoms with E-state index in [1.54, 1.807) is 0 Å². The highest BCUT2D eigenvalue weighted by Crippen LogP contribution is 2.02. The minimum absolute atomic E-state index is 0.205. The minimum atomic E-state index is -1.42. The van der Waals surface area contributed by atoms with Gasteiger partial charge in [-0.2, -0.15) is 0 Å². The Morgan fingerprint density at radius 3 is 1.88 bits per heavy atom. The molecule has 0 aromatic heterocycles. The van der Waals surface area contributed by atoms with Crippen LogP contribution in [0, 0.1) is 5.92 Å². The molecule has 0 aromatic rings. The Morgan fingerprint density at radius 1 is 1.38 bits per heavy atom. The highest BCUT2D eigenvalue weighted by Gasteiger charge is 2.12. The SMILES string of the molecule is OCC(CBr)C(O)O. The van der Waals surface area contributed by atoms with Crippen molar-refractivity contribution < 1.29 is 15.3 Å². The van der Waals surface area contributed by atoms with Crippen LogP contribution in [0.15, 0.2) is 0 Å². The molecule has 4 heteroatoms. The zero-order valence-corrected chi connectivity index (χ0v) is 5.87. The van der Waals surface area contributed by atoms with Crippen molar-refractivity contribution in [2.45, 2.75) is 6.29 Å². The third-order valence-corrected chi connectivity index (χ3v) is 1.69. The van der Waals surface area contributed by atoms with Crippen molar-refractivity contribution in [3.8, 4) is 0 Å². The third-order valence-electron chi connectivity index (χ3n) is 0.854. The number of aliphatic hydroxyl groups is 3. The summed E-state index contributed by atoms with van der Waals surface area (Å²) in [5.74, 6) is -0.463. The van der Waals surface area contributed by atoms with Crippen LogP contribution < -0.4 is 0 Å². The van der Waals surface area contributed by atoms with Crippen molar-refractivity contribution in [1.82, 2.24) is 0 Å². The Kier molecular flexibility index (Phi) is 4.45. The number of halogens is 1. The van der Waals surface area contributed by atoms with Crippen molar-refractivity contribution >= 4 is 15.9 Å². The first-order chi connectivity index (χ1) is 3.72. The Bertz CT molecular complexity index is 53.2. The number of rotatable bonds is 3. The number of hydrogen-bond donors (Lipinski definition) is 3. The van der Waals surface area contributed by atoms with E-state index in [0.29, 0.717) is 5.33 Å². The maximum Gasteiger partial charge on any atom is 0.157 e. The standard InChI is InChI=1S/C4H9BrO3/c5-1-3(2-6)4(7)8/h3-4,6-8H,1-2H2. The van der Waals surface area contributed by atoms with Gasteiger partial charge in [0.2, 0.25) is 0 Å². The first-order valence-electron chi connectivity index (χ1n) is 2.25. The van der Waals surface area contributed by atoms with Gasteiger partial charge < -0.3 is 15.3 Å². The van der Waals surface area contributed by atoms with Crippen LogP contribution in [0.1, 0.15) is 0 Å². The van der Waals surface area contributed by atoms with E-state index in [1.165, 1.54) is 0 Å². The van der Waals surface area contributed by atoms with Gasteiger partial charge in [-0.15, -0.1) is 0 Å². The van der Waals surface area contributed by atoms with Gasteiger partial charge in [-0.3, -0.25) is 0 Å². The molecule has 0 spiro atoms. The summed E-state index contributed by atoms with van der Waals surface area (Å²) in [7, 11) is 0. The van der Waals surface area contributed by atoms with Gasteiger partial charge in [0.25, 0.3) is 0 Å². The monoisotopic (exact) mass is 184 g/mol. The van der Waals surface area contributed by atoms with E-state index in [4.69, 9.17) is 15.3 Å². The van der Waals surface area contributed by atoms with E-state index in [2.05, 4.69) is 15.9 Å². The molecule has 0 aliphatic heterocycles. The lowest BCUT2D eigenvalue weighted by Gasteiger charge is -2.11. The fourth-order valence-corrected chi connectivity index (χ4v) is 0.762. The summed E-state index contributed by atoms with van der Waals surface area (Å²) in [5.41, 5.74) is 0. The fraction of sp³-hybridized carbons (Fsp3) is 1.00. The van der Waals surface area contributed by atoms with Crippen LogP contribution >= 0.6 is 15.9 Å². The lowest BCUT2D eigenvalue weighted by atomic mass is 10.2. The van der Waals surface area contributed by atoms with Gasteiger partial charge in [0.05, 0.1) is 6.61 Å². The van der Waals surface area contributed by atoms with Crippen LogP contribution in [0.4, 0.5) is 0 Å². The lowest BCUT2D eigenvalue weighted by molar-refractivity contribution is -0.0884. The second-order valence-corrected chi connectivity index (χ2v) is 2.16. The van der Waals surface area contributed by atoms with E-state index < -0.39 is 12.2 Å². The summed E-state index contributed by atoms with van der Waals surface area (Å²) in [6.45, 7) is -0.205. The quantitative estimate of drug-likeness (QED) is 0.402. The molecule has 0 heterocycles. The van der Waals surface area contributed by atoms with Crippen LogP contribution in [0.5, 0.6) is 0 Å². The van der Waals surface area contributed by atoms with Crippen molar-refractivity contribution in [2.24, 2.45) is 5.92 Å². The molecule has 0 aromatic carbocycles. The fourth-order valence-electron chi connectivity index (χ4n) is 0.223. The second-order valence-electron chi connectivity index (χ2n) is 1.51. The van der Waals surface area contributed by atoms with E-state index in [0.717, 1.165) is 0 Å². The topological polar surface area (TPSA) is 60.7 Å². The molecule has 50 valence electrons. The van der Waals surface area contributed by atoms with E-state index in [9.17, 15) is 0 Å². The van der Waals surface area contributed by atoms with E-state index in [1.807, 2.05) is 0 Å². The largest absolute Gasteiger partial charge is 0.396 e. The maximum atomic E-state index is 8.38. The summed E-state index contributed by atoms with van der Waals surface area (Å²) < 4.78 is 0. The number of aliphatic hydroxyl groups excluding tert-OH is 2. The molecule has 8 heavy (non-hydrogen) atoms. The molecule has 0 saturated carbocycles. The molecule has 0 aliphatic rings. The molecule has 0 radical (unpaired) electrons. The van der Waals surface area contributed by atoms with Gasteiger partial charge in [-0.05, 0) is 0 Å². The first-order valence-corrected chi connectivity index (χ1v) is 3.37. The Balaban J connectivity index is 3.35. The van der Waals surface area contributed by atoms with E-state index in [-0.39, 0.29) is 6.61 Å². The predicted molar refractivity (Wildman–Crippen MR) is 32.6 cm³/mol. The molecular weight excluding hydrogens is 176 g/mol. The van der Waals surface area contributed by atoms with Crippen LogP contribution in [0.3, 0.4) is 0 Å². The van der Waals surface area contributed by atoms with E-state index >= 15 is 0 Å². The van der Waals surface area contributed by atoms with Crippen LogP contribution in [0.2, 0.25) is 0 Å². The summed E-state index contributed by atoms with van der Waals surface area (Å²) in [6, 6.07) is 0. The molecule has 1 atom stereocenters. The molecule has 0 rings (SSSR count). The molecular formula is C4H9BrO3. The predicted octanol–water partition coefficient (Wildman–Crippen LogP) is -0.700. The van der Waals surface area contributed by atoms with Gasteiger partial charge in [0.15, 0.2) is 6.29 Å². The molecule has 0 amide bonds. The van der Waals surface area contributed by atoms with Gasteiger partial charge in [0, 0.05) is 11.2 Å². The smallest absolute Gasteiger partial charge is 0.157 e. The summed E-state index contributed by atoms with van der Waals surface area (Å²) in [5, 5.41) is 25.5. The van der Waals surface area contributed by atoms with Gasteiger partial charge in [0.1, 0.15) is 0 Å². The lowest BCUT2D eigenvalue weighted by Crippen LogP contribution is -2.24. The Labute approximate surface area is 56.1 Å². The van der Waals surface area contributed by atoms with Crippen molar-refractivity contribution in [3.63, 3.8) is 0 Å². The molecule has 3 nitrogen and oxygen atoms in total. The molecule has 0 aliphatic carbocycles. The average molecular weight is 185 g/mol. The van der Waals surface area contributed by atoms with Crippen molar-refractivity contribution in [3.05, 3.63) is 0 Å². The van der Waals surface area contributed by atoms with Crippen LogP contribution in [0.25, 0.3) is 0 Å². The molecule has 0 saturated heterocycles. The zero-order chi connectivity index (χ0) is 6.57. The maximum absolute atomic E-state index is 8.38. The molecule has 3 N–H and O–H groups in total. The van der Waals surface area contributed by atoms with Crippen molar-refractivity contribution in [1.29, 1.82) is 0 Å². The Hall–Kier alpha value is 0.360. The minimum Gasteiger partial charge on any atom is -0.396 e. The van der Waals surface area contributed by atoms with Crippen LogP contribution in [-0.2, 0) is 0 Å². The zero-order valence-electron chi connectivity index (χ0n) is 4.29. The van der Waals surface area contributed by atoms with Crippen molar-refractivity contribution in [2.75, 3.05) is 11.9 Å². The third kappa shape index (κ3) is 2.61. The highest BCUT2D eigenvalue weighted by molar-refractivity contribution is 9.09. The highest BCUT2D eigenvalue weighted by atomic mass is 79.9. The number of alkyl halides is 1. The summed E-state index contributed by atoms with van der Waals surface area (Å²) in [4.78, 5) is 0. The van der Waals surface area contributed by atoms with Gasteiger partial charge >= 0.3 is 0 Å². The first kappa shape index (κ1) is 8.36. The number of hydrogen-bond acceptors (Lipinski definition) is 3. The Morgan fingerprint density at radius 2 is 1.88 bits per heavy atom. The van der Waals surface area contributed by atoms with Gasteiger partial charge in [-0.1, -0.05) is 15.9 Å². The normalized spacial score (nSPS) is 14.6. The average Bonchev–Trinajstić information content (AvgIpc) is 1.69. The molecule has 0 bridgehead atoms. The summed E-state index contributed by atoms with van der Waals surface area (Å²) >= 11 is 3.00. The molecule has 0 fully saturated rings.